The first-order valence-electron chi connectivity index (χ1n) is 20.3. The first kappa shape index (κ1) is 47.3. The summed E-state index contributed by atoms with van der Waals surface area (Å²) in [5, 5.41) is 13.2. The van der Waals surface area contributed by atoms with E-state index in [1.807, 2.05) is 6.08 Å². The lowest BCUT2D eigenvalue weighted by Crippen LogP contribution is -2.46. The Hall–Kier alpha value is -1.70. The van der Waals surface area contributed by atoms with Crippen molar-refractivity contribution >= 4 is 16.0 Å². The molecule has 0 aliphatic heterocycles. The molecule has 286 valence electrons. The summed E-state index contributed by atoms with van der Waals surface area (Å²) in [7, 11) is -4.35. The van der Waals surface area contributed by atoms with Gasteiger partial charge in [-0.15, -0.1) is 0 Å². The van der Waals surface area contributed by atoms with Crippen molar-refractivity contribution in [2.45, 2.75) is 206 Å². The monoisotopic (exact) mass is 708 g/mol. The molecule has 3 N–H and O–H groups in total. The van der Waals surface area contributed by atoms with Gasteiger partial charge in [0.25, 0.3) is 10.1 Å². The van der Waals surface area contributed by atoms with Crippen LogP contribution in [0.1, 0.15) is 194 Å². The number of nitrogens with one attached hydrogen (secondary N) is 1. The Morgan fingerprint density at radius 1 is 0.571 bits per heavy atom. The number of allylic oxidation sites excluding steroid dienone is 7. The van der Waals surface area contributed by atoms with Crippen LogP contribution >= 0.6 is 0 Å². The Morgan fingerprint density at radius 3 is 1.45 bits per heavy atom. The van der Waals surface area contributed by atoms with Crippen molar-refractivity contribution < 1.29 is 22.9 Å². The van der Waals surface area contributed by atoms with E-state index < -0.39 is 28.0 Å². The van der Waals surface area contributed by atoms with Crippen molar-refractivity contribution in [3.05, 3.63) is 48.6 Å². The summed E-state index contributed by atoms with van der Waals surface area (Å²) in [5.74, 6) is -0.992. The molecule has 0 heterocycles. The van der Waals surface area contributed by atoms with Crippen LogP contribution in [0, 0.1) is 0 Å². The van der Waals surface area contributed by atoms with Crippen molar-refractivity contribution in [1.29, 1.82) is 0 Å². The lowest BCUT2D eigenvalue weighted by Gasteiger charge is -2.21. The molecule has 0 saturated heterocycles. The summed E-state index contributed by atoms with van der Waals surface area (Å²) in [6.07, 6.45) is 48.0. The van der Waals surface area contributed by atoms with E-state index in [9.17, 15) is 22.9 Å². The van der Waals surface area contributed by atoms with E-state index >= 15 is 0 Å². The van der Waals surface area contributed by atoms with Gasteiger partial charge in [-0.2, -0.15) is 8.42 Å². The number of rotatable bonds is 36. The topological polar surface area (TPSA) is 104 Å². The summed E-state index contributed by atoms with van der Waals surface area (Å²) < 4.78 is 32.5. The molecule has 2 atom stereocenters. The Balaban J connectivity index is 3.95. The summed E-state index contributed by atoms with van der Waals surface area (Å²) in [5.41, 5.74) is 0. The maximum atomic E-state index is 12.5. The van der Waals surface area contributed by atoms with Crippen LogP contribution in [0.2, 0.25) is 0 Å². The standard InChI is InChI=1S/C42H77NO5S/c1-3-5-7-9-11-13-15-17-19-21-23-25-27-29-31-33-35-37-41(44)40(39-49(46,47)48)43-42(45)38-36-34-32-30-28-26-24-22-20-18-16-14-12-10-8-6-4-2/h6,8,12,14,18,20,35,37,40-41,44H,3-5,7,9-11,13,15-17,19,21-34,36,38-39H2,1-2H3,(H,43,45)(H,46,47,48)/b8-6-,14-12-,20-18-,37-35+. The number of aliphatic hydroxyl groups is 1. The summed E-state index contributed by atoms with van der Waals surface area (Å²) in [6.45, 7) is 4.41. The van der Waals surface area contributed by atoms with Crippen molar-refractivity contribution in [2.24, 2.45) is 0 Å². The number of hydrogen-bond donors (Lipinski definition) is 3. The lowest BCUT2D eigenvalue weighted by molar-refractivity contribution is -0.122. The zero-order chi connectivity index (χ0) is 36.1. The molecular weight excluding hydrogens is 631 g/mol. The fourth-order valence-electron chi connectivity index (χ4n) is 5.99. The summed E-state index contributed by atoms with van der Waals surface area (Å²) in [6, 6.07) is -1.06. The normalized spacial score (nSPS) is 13.8. The molecule has 0 aromatic heterocycles. The van der Waals surface area contributed by atoms with Gasteiger partial charge in [0.15, 0.2) is 0 Å². The van der Waals surface area contributed by atoms with E-state index in [0.29, 0.717) is 0 Å². The second-order valence-electron chi connectivity index (χ2n) is 13.9. The summed E-state index contributed by atoms with van der Waals surface area (Å²) in [4.78, 5) is 12.5. The van der Waals surface area contributed by atoms with Gasteiger partial charge in [0.2, 0.25) is 5.91 Å². The van der Waals surface area contributed by atoms with E-state index in [2.05, 4.69) is 55.6 Å². The van der Waals surface area contributed by atoms with Crippen molar-refractivity contribution in [3.8, 4) is 0 Å². The predicted molar refractivity (Wildman–Crippen MR) is 212 cm³/mol. The average Bonchev–Trinajstić information content (AvgIpc) is 3.06. The maximum absolute atomic E-state index is 12.5. The van der Waals surface area contributed by atoms with Crippen LogP contribution < -0.4 is 5.32 Å². The first-order chi connectivity index (χ1) is 23.8. The third kappa shape index (κ3) is 37.4. The van der Waals surface area contributed by atoms with Gasteiger partial charge >= 0.3 is 0 Å². The second kappa shape index (κ2) is 36.1. The molecule has 0 spiro atoms. The highest BCUT2D eigenvalue weighted by Gasteiger charge is 2.24. The molecular formula is C42H77NO5S. The van der Waals surface area contributed by atoms with Crippen LogP contribution in [0.25, 0.3) is 0 Å². The fourth-order valence-corrected chi connectivity index (χ4v) is 6.73. The highest BCUT2D eigenvalue weighted by molar-refractivity contribution is 7.85. The minimum Gasteiger partial charge on any atom is -0.387 e. The molecule has 6 nitrogen and oxygen atoms in total. The van der Waals surface area contributed by atoms with E-state index in [4.69, 9.17) is 0 Å². The molecule has 0 radical (unpaired) electrons. The lowest BCUT2D eigenvalue weighted by atomic mass is 10.0. The van der Waals surface area contributed by atoms with Crippen LogP contribution in [-0.4, -0.2) is 41.9 Å². The first-order valence-corrected chi connectivity index (χ1v) is 21.9. The third-order valence-electron chi connectivity index (χ3n) is 9.01. The highest BCUT2D eigenvalue weighted by Crippen LogP contribution is 2.15. The van der Waals surface area contributed by atoms with Gasteiger partial charge in [0, 0.05) is 6.42 Å². The number of carbonyl (C=O) groups is 1. The number of hydrogen-bond acceptors (Lipinski definition) is 4. The molecule has 7 heteroatoms. The minimum absolute atomic E-state index is 0.283. The zero-order valence-electron chi connectivity index (χ0n) is 31.8. The highest BCUT2D eigenvalue weighted by atomic mass is 32.2. The van der Waals surface area contributed by atoms with Crippen molar-refractivity contribution in [1.82, 2.24) is 5.32 Å². The van der Waals surface area contributed by atoms with E-state index in [-0.39, 0.29) is 12.3 Å². The Labute approximate surface area is 303 Å². The fraction of sp³-hybridized carbons (Fsp3) is 0.786. The van der Waals surface area contributed by atoms with Gasteiger partial charge in [0.1, 0.15) is 0 Å². The molecule has 0 rings (SSSR count). The Kier molecular flexibility index (Phi) is 34.9. The zero-order valence-corrected chi connectivity index (χ0v) is 32.6. The van der Waals surface area contributed by atoms with E-state index in [1.165, 1.54) is 103 Å². The number of carbonyl (C=O) groups excluding carboxylic acids is 1. The summed E-state index contributed by atoms with van der Waals surface area (Å²) >= 11 is 0. The largest absolute Gasteiger partial charge is 0.387 e. The molecule has 0 fully saturated rings. The van der Waals surface area contributed by atoms with E-state index in [0.717, 1.165) is 70.6 Å². The van der Waals surface area contributed by atoms with Gasteiger partial charge in [-0.3, -0.25) is 9.35 Å². The van der Waals surface area contributed by atoms with Crippen LogP contribution in [0.4, 0.5) is 0 Å². The number of amides is 1. The molecule has 0 aromatic carbocycles. The second-order valence-corrected chi connectivity index (χ2v) is 15.4. The Bertz CT molecular complexity index is 956. The Morgan fingerprint density at radius 2 is 0.980 bits per heavy atom. The molecule has 0 aliphatic rings. The molecule has 0 saturated carbocycles. The third-order valence-corrected chi connectivity index (χ3v) is 9.79. The molecule has 1 amide bonds. The number of unbranched alkanes of at least 4 members (excludes halogenated alkanes) is 22. The van der Waals surface area contributed by atoms with Crippen LogP contribution in [0.3, 0.4) is 0 Å². The average molecular weight is 708 g/mol. The van der Waals surface area contributed by atoms with Gasteiger partial charge in [-0.05, 0) is 51.4 Å². The maximum Gasteiger partial charge on any atom is 0.267 e. The molecule has 0 bridgehead atoms. The molecule has 2 unspecified atom stereocenters. The van der Waals surface area contributed by atoms with Crippen LogP contribution in [-0.2, 0) is 14.9 Å². The van der Waals surface area contributed by atoms with Gasteiger partial charge in [0.05, 0.1) is 17.9 Å². The van der Waals surface area contributed by atoms with Crippen LogP contribution in [0.15, 0.2) is 48.6 Å². The van der Waals surface area contributed by atoms with Gasteiger partial charge in [-0.25, -0.2) is 0 Å². The van der Waals surface area contributed by atoms with Crippen molar-refractivity contribution in [2.75, 3.05) is 5.75 Å². The molecule has 49 heavy (non-hydrogen) atoms. The smallest absolute Gasteiger partial charge is 0.267 e. The SMILES string of the molecule is CC/C=C\C/C=C\C/C=C\CCCCCCCCCC(=O)NC(CS(=O)(=O)O)C(O)/C=C/CCCCCCCCCCCCCCCCC. The van der Waals surface area contributed by atoms with Crippen molar-refractivity contribution in [3.63, 3.8) is 0 Å². The van der Waals surface area contributed by atoms with E-state index in [1.54, 1.807) is 6.08 Å². The quantitative estimate of drug-likeness (QED) is 0.0342. The molecule has 0 aromatic rings. The molecule has 0 aliphatic carbocycles. The van der Waals surface area contributed by atoms with Gasteiger partial charge < -0.3 is 10.4 Å². The predicted octanol–water partition coefficient (Wildman–Crippen LogP) is 11.9. The minimum atomic E-state index is -4.35. The van der Waals surface area contributed by atoms with Gasteiger partial charge in [-0.1, -0.05) is 184 Å². The number of aliphatic hydroxyl groups excluding tert-OH is 1. The van der Waals surface area contributed by atoms with Crippen LogP contribution in [0.5, 0.6) is 0 Å².